The van der Waals surface area contributed by atoms with Crippen LogP contribution in [0, 0.1) is 0 Å². The number of aryl methyl sites for hydroxylation is 1. The summed E-state index contributed by atoms with van der Waals surface area (Å²) >= 11 is 0. The zero-order valence-electron chi connectivity index (χ0n) is 11.2. The molecular weight excluding hydrogens is 250 g/mol. The predicted octanol–water partition coefficient (Wildman–Crippen LogP) is 1.05. The predicted molar refractivity (Wildman–Crippen MR) is 70.5 cm³/mol. The van der Waals surface area contributed by atoms with Gasteiger partial charge < -0.3 is 10.3 Å². The van der Waals surface area contributed by atoms with E-state index in [1.54, 1.807) is 21.1 Å². The lowest BCUT2D eigenvalue weighted by Crippen LogP contribution is -2.42. The van der Waals surface area contributed by atoms with Crippen molar-refractivity contribution >= 4 is 10.0 Å². The van der Waals surface area contributed by atoms with Crippen LogP contribution in [0.3, 0.4) is 0 Å². The van der Waals surface area contributed by atoms with Crippen LogP contribution in [-0.2, 0) is 23.6 Å². The van der Waals surface area contributed by atoms with Gasteiger partial charge in [-0.2, -0.15) is 4.31 Å². The van der Waals surface area contributed by atoms with Crippen molar-refractivity contribution in [1.82, 2.24) is 8.87 Å². The highest BCUT2D eigenvalue weighted by atomic mass is 32.2. The van der Waals surface area contributed by atoms with Crippen LogP contribution in [0.4, 0.5) is 0 Å². The van der Waals surface area contributed by atoms with Gasteiger partial charge in [-0.3, -0.25) is 0 Å². The monoisotopic (exact) mass is 271 g/mol. The molecular formula is C12H21N3O2S. The lowest BCUT2D eigenvalue weighted by Gasteiger charge is -2.30. The van der Waals surface area contributed by atoms with Crippen LogP contribution >= 0.6 is 0 Å². The minimum Gasteiger partial charge on any atom is -0.352 e. The van der Waals surface area contributed by atoms with E-state index in [1.807, 2.05) is 20.9 Å². The third-order valence-corrected chi connectivity index (χ3v) is 5.78. The van der Waals surface area contributed by atoms with E-state index in [2.05, 4.69) is 0 Å². The summed E-state index contributed by atoms with van der Waals surface area (Å²) < 4.78 is 28.6. The average molecular weight is 271 g/mol. The Kier molecular flexibility index (Phi) is 3.29. The molecule has 1 aliphatic rings. The van der Waals surface area contributed by atoms with Crippen LogP contribution in [0.1, 0.15) is 32.4 Å². The molecule has 1 fully saturated rings. The highest BCUT2D eigenvalue weighted by Crippen LogP contribution is 2.34. The topological polar surface area (TPSA) is 68.3 Å². The van der Waals surface area contributed by atoms with Gasteiger partial charge in [0.15, 0.2) is 0 Å². The molecule has 0 aromatic carbocycles. The molecule has 0 aliphatic carbocycles. The lowest BCUT2D eigenvalue weighted by atomic mass is 10.0. The molecule has 2 N–H and O–H groups in total. The van der Waals surface area contributed by atoms with Crippen LogP contribution in [0.2, 0.25) is 0 Å². The van der Waals surface area contributed by atoms with Crippen molar-refractivity contribution in [3.8, 4) is 0 Å². The summed E-state index contributed by atoms with van der Waals surface area (Å²) in [5, 5.41) is 0. The zero-order chi connectivity index (χ0) is 13.6. The molecule has 0 amide bonds. The van der Waals surface area contributed by atoms with Gasteiger partial charge in [0.05, 0.1) is 0 Å². The van der Waals surface area contributed by atoms with E-state index in [9.17, 15) is 8.42 Å². The van der Waals surface area contributed by atoms with Gasteiger partial charge in [0.2, 0.25) is 10.0 Å². The van der Waals surface area contributed by atoms with Crippen LogP contribution in [0.25, 0.3) is 0 Å². The van der Waals surface area contributed by atoms with Crippen molar-refractivity contribution in [3.05, 3.63) is 18.0 Å². The summed E-state index contributed by atoms with van der Waals surface area (Å²) in [5.74, 6) is 0. The van der Waals surface area contributed by atoms with E-state index < -0.39 is 10.0 Å². The van der Waals surface area contributed by atoms with E-state index in [0.717, 1.165) is 18.5 Å². The van der Waals surface area contributed by atoms with E-state index in [-0.39, 0.29) is 5.54 Å². The first kappa shape index (κ1) is 13.6. The molecule has 0 saturated carbocycles. The Morgan fingerprint density at radius 1 is 1.44 bits per heavy atom. The molecule has 1 aliphatic heterocycles. The number of nitrogens with zero attached hydrogens (tertiary/aromatic N) is 2. The number of nitrogens with two attached hydrogens (primary N) is 1. The first-order chi connectivity index (χ1) is 8.29. The molecule has 2 heterocycles. The molecule has 0 unspecified atom stereocenters. The van der Waals surface area contributed by atoms with Gasteiger partial charge in [-0.25, -0.2) is 8.42 Å². The van der Waals surface area contributed by atoms with Gasteiger partial charge in [-0.15, -0.1) is 0 Å². The van der Waals surface area contributed by atoms with Gasteiger partial charge >= 0.3 is 0 Å². The molecule has 0 radical (unpaired) electrons. The van der Waals surface area contributed by atoms with E-state index in [4.69, 9.17) is 5.73 Å². The smallest absolute Gasteiger partial charge is 0.245 e. The minimum absolute atomic E-state index is 0.294. The molecule has 102 valence electrons. The maximum absolute atomic E-state index is 12.6. The van der Waals surface area contributed by atoms with Crippen molar-refractivity contribution in [1.29, 1.82) is 0 Å². The van der Waals surface area contributed by atoms with Gasteiger partial charge in [0, 0.05) is 37.6 Å². The Labute approximate surface area is 109 Å². The Morgan fingerprint density at radius 2 is 2.11 bits per heavy atom. The molecule has 0 atom stereocenters. The SMILES string of the molecule is Cn1cc(S(=O)(=O)N2CCCC2(C)C)cc1CN. The maximum atomic E-state index is 12.6. The quantitative estimate of drug-likeness (QED) is 0.893. The highest BCUT2D eigenvalue weighted by Gasteiger charge is 2.41. The molecule has 2 rings (SSSR count). The maximum Gasteiger partial charge on any atom is 0.245 e. The molecule has 18 heavy (non-hydrogen) atoms. The Morgan fingerprint density at radius 3 is 2.56 bits per heavy atom. The van der Waals surface area contributed by atoms with Crippen molar-refractivity contribution < 1.29 is 8.42 Å². The molecule has 6 heteroatoms. The van der Waals surface area contributed by atoms with Crippen molar-refractivity contribution in [2.24, 2.45) is 12.8 Å². The fraction of sp³-hybridized carbons (Fsp3) is 0.667. The number of rotatable bonds is 3. The molecule has 0 spiro atoms. The van der Waals surface area contributed by atoms with Crippen molar-refractivity contribution in [3.63, 3.8) is 0 Å². The highest BCUT2D eigenvalue weighted by molar-refractivity contribution is 7.89. The van der Waals surface area contributed by atoms with Crippen LogP contribution in [-0.4, -0.2) is 29.4 Å². The van der Waals surface area contributed by atoms with Crippen LogP contribution in [0.5, 0.6) is 0 Å². The lowest BCUT2D eigenvalue weighted by molar-refractivity contribution is 0.291. The van der Waals surface area contributed by atoms with Crippen molar-refractivity contribution in [2.45, 2.75) is 43.7 Å². The number of sulfonamides is 1. The first-order valence-corrected chi connectivity index (χ1v) is 7.61. The largest absolute Gasteiger partial charge is 0.352 e. The molecule has 1 aromatic heterocycles. The minimum atomic E-state index is -3.40. The number of aromatic nitrogens is 1. The standard InChI is InChI=1S/C12H21N3O2S/c1-12(2)5-4-6-15(12)18(16,17)11-7-10(8-13)14(3)9-11/h7,9H,4-6,8,13H2,1-3H3. The van der Waals surface area contributed by atoms with Gasteiger partial charge in [-0.05, 0) is 32.8 Å². The Hall–Kier alpha value is -0.850. The first-order valence-electron chi connectivity index (χ1n) is 6.17. The number of hydrogen-bond donors (Lipinski definition) is 1. The van der Waals surface area contributed by atoms with Gasteiger partial charge in [0.1, 0.15) is 4.90 Å². The second-order valence-corrected chi connectivity index (χ2v) is 7.34. The summed E-state index contributed by atoms with van der Waals surface area (Å²) in [7, 11) is -1.59. The average Bonchev–Trinajstić information content (AvgIpc) is 2.81. The third-order valence-electron chi connectivity index (χ3n) is 3.70. The fourth-order valence-electron chi connectivity index (χ4n) is 2.58. The van der Waals surface area contributed by atoms with Crippen LogP contribution < -0.4 is 5.73 Å². The fourth-order valence-corrected chi connectivity index (χ4v) is 4.52. The van der Waals surface area contributed by atoms with Gasteiger partial charge in [-0.1, -0.05) is 0 Å². The van der Waals surface area contributed by atoms with E-state index in [0.29, 0.717) is 18.0 Å². The van der Waals surface area contributed by atoms with Crippen molar-refractivity contribution in [2.75, 3.05) is 6.54 Å². The second-order valence-electron chi connectivity index (χ2n) is 5.48. The summed E-state index contributed by atoms with van der Waals surface area (Å²) in [4.78, 5) is 0.348. The Bertz CT molecular complexity index is 546. The zero-order valence-corrected chi connectivity index (χ0v) is 12.0. The molecule has 1 aromatic rings. The third kappa shape index (κ3) is 2.08. The molecule has 0 bridgehead atoms. The summed E-state index contributed by atoms with van der Waals surface area (Å²) in [6, 6.07) is 1.67. The van der Waals surface area contributed by atoms with E-state index >= 15 is 0 Å². The summed E-state index contributed by atoms with van der Waals surface area (Å²) in [6.07, 6.45) is 3.47. The number of hydrogen-bond acceptors (Lipinski definition) is 3. The molecule has 1 saturated heterocycles. The summed E-state index contributed by atoms with van der Waals surface area (Å²) in [5.41, 5.74) is 6.12. The van der Waals surface area contributed by atoms with E-state index in [1.165, 1.54) is 0 Å². The normalized spacial score (nSPS) is 20.4. The van der Waals surface area contributed by atoms with Crippen LogP contribution in [0.15, 0.2) is 17.2 Å². The molecule has 5 nitrogen and oxygen atoms in total. The Balaban J connectivity index is 2.42. The van der Waals surface area contributed by atoms with Gasteiger partial charge in [0.25, 0.3) is 0 Å². The summed E-state index contributed by atoms with van der Waals surface area (Å²) in [6.45, 7) is 4.90. The second kappa shape index (κ2) is 4.36.